The van der Waals surface area contributed by atoms with Gasteiger partial charge in [-0.1, -0.05) is 17.4 Å². The zero-order valence-corrected chi connectivity index (χ0v) is 16.2. The minimum atomic E-state index is -0.861. The Morgan fingerprint density at radius 1 is 1.31 bits per heavy atom. The Morgan fingerprint density at radius 3 is 2.97 bits per heavy atom. The number of H-pyrrole nitrogens is 1. The largest absolute Gasteiger partial charge is 0.497 e. The molecule has 0 spiro atoms. The van der Waals surface area contributed by atoms with Crippen LogP contribution in [-0.4, -0.2) is 40.1 Å². The average molecular weight is 410 g/mol. The van der Waals surface area contributed by atoms with Gasteiger partial charge >= 0.3 is 0 Å². The van der Waals surface area contributed by atoms with Gasteiger partial charge in [-0.3, -0.25) is 14.7 Å². The number of aromatic amines is 1. The molecule has 0 bridgehead atoms. The van der Waals surface area contributed by atoms with E-state index in [9.17, 15) is 9.59 Å². The number of methoxy groups -OCH3 is 1. The number of amides is 2. The summed E-state index contributed by atoms with van der Waals surface area (Å²) in [6.07, 6.45) is 1.56. The molecule has 0 aliphatic carbocycles. The van der Waals surface area contributed by atoms with E-state index >= 15 is 0 Å². The van der Waals surface area contributed by atoms with Crippen molar-refractivity contribution in [1.82, 2.24) is 15.2 Å². The van der Waals surface area contributed by atoms with Gasteiger partial charge in [0.25, 0.3) is 0 Å². The highest BCUT2D eigenvalue weighted by Crippen LogP contribution is 2.32. The summed E-state index contributed by atoms with van der Waals surface area (Å²) >= 11 is 1.34. The number of rotatable bonds is 7. The Hall–Kier alpha value is -3.66. The van der Waals surface area contributed by atoms with E-state index in [2.05, 4.69) is 25.8 Å². The van der Waals surface area contributed by atoms with Crippen LogP contribution in [0.25, 0.3) is 21.1 Å². The lowest BCUT2D eigenvalue weighted by Gasteiger charge is -2.18. The number of nitrogens with two attached hydrogens (primary N) is 1. The second-order valence-electron chi connectivity index (χ2n) is 6.35. The topological polar surface area (TPSA) is 135 Å². The van der Waals surface area contributed by atoms with Crippen molar-refractivity contribution in [3.63, 3.8) is 0 Å². The molecule has 4 rings (SSSR count). The van der Waals surface area contributed by atoms with E-state index in [0.29, 0.717) is 16.6 Å². The highest BCUT2D eigenvalue weighted by molar-refractivity contribution is 7.23. The molecule has 148 valence electrons. The number of fused-ring (bicyclic) bond motifs is 3. The SMILES string of the molecule is COc1cccc(NC(CC(N)=O)C(=O)Nc2nc3ccc4[nH]ncc4c3s2)c1. The molecule has 0 radical (unpaired) electrons. The van der Waals surface area contributed by atoms with E-state index in [4.69, 9.17) is 10.5 Å². The molecule has 10 heteroatoms. The number of ether oxygens (including phenoxy) is 1. The minimum Gasteiger partial charge on any atom is -0.497 e. The first kappa shape index (κ1) is 18.7. The van der Waals surface area contributed by atoms with E-state index in [1.165, 1.54) is 11.3 Å². The molecule has 0 saturated heterocycles. The molecular weight excluding hydrogens is 392 g/mol. The number of benzene rings is 2. The van der Waals surface area contributed by atoms with Crippen LogP contribution in [0.2, 0.25) is 0 Å². The fourth-order valence-corrected chi connectivity index (χ4v) is 3.95. The number of nitrogens with one attached hydrogen (secondary N) is 3. The zero-order valence-electron chi connectivity index (χ0n) is 15.4. The van der Waals surface area contributed by atoms with Crippen molar-refractivity contribution in [1.29, 1.82) is 0 Å². The zero-order chi connectivity index (χ0) is 20.4. The summed E-state index contributed by atoms with van der Waals surface area (Å²) in [4.78, 5) is 28.8. The fraction of sp³-hybridized carbons (Fsp3) is 0.158. The Balaban J connectivity index is 1.57. The Morgan fingerprint density at radius 2 is 2.17 bits per heavy atom. The average Bonchev–Trinajstić information content (AvgIpc) is 3.33. The molecule has 4 aromatic rings. The van der Waals surface area contributed by atoms with Gasteiger partial charge in [0.15, 0.2) is 5.13 Å². The van der Waals surface area contributed by atoms with Crippen LogP contribution in [0.3, 0.4) is 0 Å². The highest BCUT2D eigenvalue weighted by Gasteiger charge is 2.22. The monoisotopic (exact) mass is 410 g/mol. The van der Waals surface area contributed by atoms with Crippen LogP contribution < -0.4 is 21.1 Å². The number of nitrogens with zero attached hydrogens (tertiary/aromatic N) is 2. The normalized spacial score (nSPS) is 12.0. The van der Waals surface area contributed by atoms with Gasteiger partial charge in [-0.05, 0) is 24.3 Å². The standard InChI is InChI=1S/C19H18N6O3S/c1-28-11-4-2-3-10(7-11)22-15(8-16(20)26)18(27)24-19-23-14-6-5-13-12(9-21-25-13)17(14)29-19/h2-7,9,15,22H,8H2,1H3,(H2,20,26)(H,21,25)(H,23,24,27). The van der Waals surface area contributed by atoms with E-state index in [1.807, 2.05) is 12.1 Å². The molecule has 2 heterocycles. The van der Waals surface area contributed by atoms with Crippen molar-refractivity contribution >= 4 is 55.1 Å². The van der Waals surface area contributed by atoms with Gasteiger partial charge in [-0.2, -0.15) is 5.10 Å². The van der Waals surface area contributed by atoms with Crippen LogP contribution >= 0.6 is 11.3 Å². The van der Waals surface area contributed by atoms with Crippen LogP contribution in [0, 0.1) is 0 Å². The summed E-state index contributed by atoms with van der Waals surface area (Å²) in [6.45, 7) is 0. The van der Waals surface area contributed by atoms with Gasteiger partial charge in [0.05, 0.1) is 35.5 Å². The molecule has 2 aromatic heterocycles. The molecule has 2 aromatic carbocycles. The van der Waals surface area contributed by atoms with E-state index in [0.717, 1.165) is 21.1 Å². The summed E-state index contributed by atoms with van der Waals surface area (Å²) in [5.74, 6) is -0.373. The lowest BCUT2D eigenvalue weighted by molar-refractivity contribution is -0.122. The van der Waals surface area contributed by atoms with Crippen LogP contribution in [-0.2, 0) is 9.59 Å². The predicted molar refractivity (Wildman–Crippen MR) is 112 cm³/mol. The molecule has 1 atom stereocenters. The highest BCUT2D eigenvalue weighted by atomic mass is 32.1. The number of carbonyl (C=O) groups is 2. The maximum Gasteiger partial charge on any atom is 0.249 e. The third-order valence-electron chi connectivity index (χ3n) is 4.34. The molecule has 2 amide bonds. The number of thiazole rings is 1. The summed E-state index contributed by atoms with van der Waals surface area (Å²) < 4.78 is 6.10. The molecule has 5 N–H and O–H groups in total. The van der Waals surface area contributed by atoms with Crippen molar-refractivity contribution < 1.29 is 14.3 Å². The van der Waals surface area contributed by atoms with Crippen LogP contribution in [0.5, 0.6) is 5.75 Å². The quantitative estimate of drug-likeness (QED) is 0.370. The number of hydrogen-bond donors (Lipinski definition) is 4. The number of hydrogen-bond acceptors (Lipinski definition) is 7. The predicted octanol–water partition coefficient (Wildman–Crippen LogP) is 2.48. The van der Waals surface area contributed by atoms with Crippen molar-refractivity contribution in [2.45, 2.75) is 12.5 Å². The maximum atomic E-state index is 12.8. The van der Waals surface area contributed by atoms with Gasteiger partial charge in [-0.25, -0.2) is 4.98 Å². The van der Waals surface area contributed by atoms with Gasteiger partial charge in [0.2, 0.25) is 11.8 Å². The molecule has 9 nitrogen and oxygen atoms in total. The van der Waals surface area contributed by atoms with E-state index in [-0.39, 0.29) is 6.42 Å². The summed E-state index contributed by atoms with van der Waals surface area (Å²) in [7, 11) is 1.55. The van der Waals surface area contributed by atoms with E-state index < -0.39 is 17.9 Å². The first-order valence-corrected chi connectivity index (χ1v) is 9.57. The Bertz CT molecular complexity index is 1200. The Labute approximate surface area is 169 Å². The second kappa shape index (κ2) is 7.76. The lowest BCUT2D eigenvalue weighted by Crippen LogP contribution is -2.38. The number of aromatic nitrogens is 3. The molecule has 0 fully saturated rings. The first-order valence-electron chi connectivity index (χ1n) is 8.76. The number of anilines is 2. The van der Waals surface area contributed by atoms with Crippen molar-refractivity contribution in [3.05, 3.63) is 42.6 Å². The summed E-state index contributed by atoms with van der Waals surface area (Å²) in [6, 6.07) is 9.95. The summed E-state index contributed by atoms with van der Waals surface area (Å²) in [5, 5.41) is 14.1. The molecule has 0 aliphatic heterocycles. The van der Waals surface area contributed by atoms with Crippen molar-refractivity contribution in [3.8, 4) is 5.75 Å². The van der Waals surface area contributed by atoms with Crippen LogP contribution in [0.1, 0.15) is 6.42 Å². The summed E-state index contributed by atoms with van der Waals surface area (Å²) in [5.41, 5.74) is 7.62. The fourth-order valence-electron chi connectivity index (χ4n) is 2.97. The number of primary amides is 1. The number of carbonyl (C=O) groups excluding carboxylic acids is 2. The van der Waals surface area contributed by atoms with Gasteiger partial charge in [-0.15, -0.1) is 0 Å². The van der Waals surface area contributed by atoms with Crippen molar-refractivity contribution in [2.24, 2.45) is 5.73 Å². The molecule has 0 saturated carbocycles. The third-order valence-corrected chi connectivity index (χ3v) is 5.36. The van der Waals surface area contributed by atoms with Gasteiger partial charge < -0.3 is 21.1 Å². The minimum absolute atomic E-state index is 0.167. The van der Waals surface area contributed by atoms with Crippen LogP contribution in [0.15, 0.2) is 42.6 Å². The Kier molecular flexibility index (Phi) is 5.00. The van der Waals surface area contributed by atoms with Crippen LogP contribution in [0.4, 0.5) is 10.8 Å². The smallest absolute Gasteiger partial charge is 0.249 e. The molecule has 1 unspecified atom stereocenters. The molecule has 0 aliphatic rings. The maximum absolute atomic E-state index is 12.8. The van der Waals surface area contributed by atoms with Crippen molar-refractivity contribution in [2.75, 3.05) is 17.7 Å². The third kappa shape index (κ3) is 3.97. The van der Waals surface area contributed by atoms with E-state index in [1.54, 1.807) is 37.6 Å². The van der Waals surface area contributed by atoms with Gasteiger partial charge in [0.1, 0.15) is 11.8 Å². The molecular formula is C19H18N6O3S. The molecule has 29 heavy (non-hydrogen) atoms. The van der Waals surface area contributed by atoms with Gasteiger partial charge in [0, 0.05) is 17.1 Å². The first-order chi connectivity index (χ1) is 14.0. The lowest BCUT2D eigenvalue weighted by atomic mass is 10.1. The second-order valence-corrected chi connectivity index (χ2v) is 7.35.